The second-order valence-electron chi connectivity index (χ2n) is 5.33. The Bertz CT molecular complexity index is 1030. The maximum Gasteiger partial charge on any atom is 0.283 e. The van der Waals surface area contributed by atoms with Crippen molar-refractivity contribution in [2.24, 2.45) is 5.10 Å². The summed E-state index contributed by atoms with van der Waals surface area (Å²) in [5, 5.41) is 14.9. The molecule has 3 aromatic rings. The first-order valence-corrected chi connectivity index (χ1v) is 8.65. The molecule has 0 aliphatic heterocycles. The highest BCUT2D eigenvalue weighted by Gasteiger charge is 2.19. The van der Waals surface area contributed by atoms with E-state index in [2.05, 4.69) is 33.1 Å². The summed E-state index contributed by atoms with van der Waals surface area (Å²) < 4.78 is 19.7. The summed E-state index contributed by atoms with van der Waals surface area (Å²) in [6.07, 6.45) is 1.27. The van der Waals surface area contributed by atoms with Crippen LogP contribution in [0.2, 0.25) is 0 Å². The Morgan fingerprint density at radius 2 is 1.93 bits per heavy atom. The number of amides is 1. The van der Waals surface area contributed by atoms with Crippen LogP contribution >= 0.6 is 22.6 Å². The van der Waals surface area contributed by atoms with Gasteiger partial charge in [0.15, 0.2) is 0 Å². The molecule has 0 aliphatic rings. The molecule has 0 radical (unpaired) electrons. The molecule has 9 heteroatoms. The van der Waals surface area contributed by atoms with Gasteiger partial charge in [0.05, 0.1) is 22.8 Å². The number of rotatable bonds is 5. The molecule has 2 aromatic carbocycles. The zero-order valence-electron chi connectivity index (χ0n) is 13.6. The number of halogens is 2. The average molecular weight is 479 g/mol. The van der Waals surface area contributed by atoms with Gasteiger partial charge in [0.1, 0.15) is 17.3 Å². The summed E-state index contributed by atoms with van der Waals surface area (Å²) >= 11 is 2.13. The van der Waals surface area contributed by atoms with Crippen LogP contribution in [-0.2, 0) is 0 Å². The van der Waals surface area contributed by atoms with Gasteiger partial charge in [-0.3, -0.25) is 14.9 Å². The Labute approximate surface area is 166 Å². The van der Waals surface area contributed by atoms with Crippen LogP contribution in [0.5, 0.6) is 0 Å². The van der Waals surface area contributed by atoms with E-state index in [-0.39, 0.29) is 23.0 Å². The molecule has 0 atom stereocenters. The third-order valence-corrected chi connectivity index (χ3v) is 4.23. The van der Waals surface area contributed by atoms with Crippen molar-refractivity contribution in [1.29, 1.82) is 0 Å². The molecular formula is C18H11FIN3O4. The topological polar surface area (TPSA) is 97.7 Å². The predicted molar refractivity (Wildman–Crippen MR) is 105 cm³/mol. The fourth-order valence-electron chi connectivity index (χ4n) is 2.25. The molecule has 0 bridgehead atoms. The van der Waals surface area contributed by atoms with Crippen molar-refractivity contribution >= 4 is 40.4 Å². The number of hydrogen-bond acceptors (Lipinski definition) is 5. The molecule has 1 amide bonds. The van der Waals surface area contributed by atoms with Gasteiger partial charge in [-0.1, -0.05) is 0 Å². The number of benzene rings is 2. The third-order valence-electron chi connectivity index (χ3n) is 3.51. The van der Waals surface area contributed by atoms with E-state index in [0.717, 1.165) is 15.7 Å². The standard InChI is InChI=1S/C18H11FIN3O4/c19-12-3-7-15(16(9-12)23(25)26)17-8-6-14(27-17)10-21-22-18(24)11-1-4-13(20)5-2-11/h1-10H,(H,22,24)/b21-10-. The molecule has 1 N–H and O–H groups in total. The number of hydrazone groups is 1. The molecule has 1 aromatic heterocycles. The minimum Gasteiger partial charge on any atom is -0.455 e. The molecule has 1 heterocycles. The molecule has 27 heavy (non-hydrogen) atoms. The zero-order chi connectivity index (χ0) is 19.4. The van der Waals surface area contributed by atoms with Crippen LogP contribution in [0.15, 0.2) is 64.1 Å². The van der Waals surface area contributed by atoms with E-state index in [1.807, 2.05) is 0 Å². The second-order valence-corrected chi connectivity index (χ2v) is 6.57. The van der Waals surface area contributed by atoms with Crippen LogP contribution in [-0.4, -0.2) is 17.0 Å². The third kappa shape index (κ3) is 4.56. The van der Waals surface area contributed by atoms with Crippen molar-refractivity contribution in [3.8, 4) is 11.3 Å². The number of nitrogens with zero attached hydrogens (tertiary/aromatic N) is 2. The molecule has 136 valence electrons. The first kappa shape index (κ1) is 18.7. The highest BCUT2D eigenvalue weighted by atomic mass is 127. The van der Waals surface area contributed by atoms with Crippen molar-refractivity contribution in [1.82, 2.24) is 5.43 Å². The number of carbonyl (C=O) groups excluding carboxylic acids is 1. The highest BCUT2D eigenvalue weighted by Crippen LogP contribution is 2.31. The number of nitro groups is 1. The van der Waals surface area contributed by atoms with Crippen molar-refractivity contribution in [3.63, 3.8) is 0 Å². The van der Waals surface area contributed by atoms with Gasteiger partial charge in [0.25, 0.3) is 11.6 Å². The number of nitrogens with one attached hydrogen (secondary N) is 1. The average Bonchev–Trinajstić information content (AvgIpc) is 3.10. The monoisotopic (exact) mass is 479 g/mol. The van der Waals surface area contributed by atoms with Gasteiger partial charge < -0.3 is 4.42 Å². The number of furan rings is 1. The first-order valence-electron chi connectivity index (χ1n) is 7.57. The maximum atomic E-state index is 13.2. The Hall–Kier alpha value is -3.08. The predicted octanol–water partition coefficient (Wildman–Crippen LogP) is 4.36. The van der Waals surface area contributed by atoms with Crippen LogP contribution in [0.4, 0.5) is 10.1 Å². The van der Waals surface area contributed by atoms with E-state index < -0.39 is 16.4 Å². The Morgan fingerprint density at radius 1 is 1.19 bits per heavy atom. The zero-order valence-corrected chi connectivity index (χ0v) is 15.7. The summed E-state index contributed by atoms with van der Waals surface area (Å²) in [5.41, 5.74) is 2.56. The van der Waals surface area contributed by atoms with Gasteiger partial charge in [0.2, 0.25) is 0 Å². The molecule has 0 unspecified atom stereocenters. The highest BCUT2D eigenvalue weighted by molar-refractivity contribution is 14.1. The lowest BCUT2D eigenvalue weighted by Gasteiger charge is -2.00. The largest absolute Gasteiger partial charge is 0.455 e. The molecule has 0 aliphatic carbocycles. The smallest absolute Gasteiger partial charge is 0.283 e. The Balaban J connectivity index is 1.73. The van der Waals surface area contributed by atoms with Crippen molar-refractivity contribution in [2.45, 2.75) is 0 Å². The van der Waals surface area contributed by atoms with Gasteiger partial charge in [-0.2, -0.15) is 5.10 Å². The van der Waals surface area contributed by atoms with E-state index in [9.17, 15) is 19.3 Å². The van der Waals surface area contributed by atoms with Crippen LogP contribution in [0.25, 0.3) is 11.3 Å². The Kier molecular flexibility index (Phi) is 5.60. The summed E-state index contributed by atoms with van der Waals surface area (Å²) in [7, 11) is 0. The molecule has 0 spiro atoms. The molecule has 0 fully saturated rings. The molecule has 7 nitrogen and oxygen atoms in total. The van der Waals surface area contributed by atoms with E-state index in [0.29, 0.717) is 5.56 Å². The number of nitro benzene ring substituents is 1. The summed E-state index contributed by atoms with van der Waals surface area (Å²) in [6.45, 7) is 0. The maximum absolute atomic E-state index is 13.2. The molecule has 0 saturated carbocycles. The van der Waals surface area contributed by atoms with E-state index in [1.54, 1.807) is 24.3 Å². The van der Waals surface area contributed by atoms with Crippen molar-refractivity contribution in [2.75, 3.05) is 0 Å². The molecular weight excluding hydrogens is 468 g/mol. The van der Waals surface area contributed by atoms with Crippen LogP contribution < -0.4 is 5.43 Å². The van der Waals surface area contributed by atoms with E-state index in [4.69, 9.17) is 4.42 Å². The fourth-order valence-corrected chi connectivity index (χ4v) is 2.61. The van der Waals surface area contributed by atoms with E-state index in [1.165, 1.54) is 24.4 Å². The normalized spacial score (nSPS) is 10.9. The SMILES string of the molecule is O=C(N/N=C\c1ccc(-c2ccc(F)cc2[N+](=O)[O-])o1)c1ccc(I)cc1. The fraction of sp³-hybridized carbons (Fsp3) is 0. The minimum absolute atomic E-state index is 0.143. The first-order chi connectivity index (χ1) is 12.9. The lowest BCUT2D eigenvalue weighted by atomic mass is 10.1. The van der Waals surface area contributed by atoms with Crippen LogP contribution in [0.3, 0.4) is 0 Å². The second kappa shape index (κ2) is 8.08. The van der Waals surface area contributed by atoms with Gasteiger partial charge in [-0.15, -0.1) is 0 Å². The van der Waals surface area contributed by atoms with Gasteiger partial charge >= 0.3 is 0 Å². The van der Waals surface area contributed by atoms with E-state index >= 15 is 0 Å². The number of carbonyl (C=O) groups is 1. The minimum atomic E-state index is -0.711. The quantitative estimate of drug-likeness (QED) is 0.255. The molecule has 3 rings (SSSR count). The molecule has 0 saturated heterocycles. The lowest BCUT2D eigenvalue weighted by Crippen LogP contribution is -2.17. The number of hydrogen-bond donors (Lipinski definition) is 1. The van der Waals surface area contributed by atoms with Gasteiger partial charge in [0, 0.05) is 9.13 Å². The van der Waals surface area contributed by atoms with Crippen molar-refractivity contribution < 1.29 is 18.5 Å². The van der Waals surface area contributed by atoms with Crippen LogP contribution in [0.1, 0.15) is 16.1 Å². The van der Waals surface area contributed by atoms with Gasteiger partial charge in [-0.25, -0.2) is 9.82 Å². The summed E-state index contributed by atoms with van der Waals surface area (Å²) in [5.74, 6) is -0.639. The van der Waals surface area contributed by atoms with Crippen molar-refractivity contribution in [3.05, 3.63) is 85.4 Å². The van der Waals surface area contributed by atoms with Crippen LogP contribution in [0, 0.1) is 19.5 Å². The Morgan fingerprint density at radius 3 is 2.63 bits per heavy atom. The summed E-state index contributed by atoms with van der Waals surface area (Å²) in [4.78, 5) is 22.4. The van der Waals surface area contributed by atoms with Gasteiger partial charge in [-0.05, 0) is 71.1 Å². The summed E-state index contributed by atoms with van der Waals surface area (Å²) in [6, 6.07) is 13.2. The lowest BCUT2D eigenvalue weighted by molar-refractivity contribution is -0.384.